The van der Waals surface area contributed by atoms with E-state index in [1.54, 1.807) is 0 Å². The van der Waals surface area contributed by atoms with Crippen LogP contribution in [0.2, 0.25) is 0 Å². The number of hydrogen-bond donors (Lipinski definition) is 2. The van der Waals surface area contributed by atoms with Gasteiger partial charge < -0.3 is 15.5 Å². The third-order valence-corrected chi connectivity index (χ3v) is 3.82. The third-order valence-electron chi connectivity index (χ3n) is 3.82. The van der Waals surface area contributed by atoms with Gasteiger partial charge in [-0.3, -0.25) is 4.79 Å². The van der Waals surface area contributed by atoms with Crippen molar-refractivity contribution in [1.82, 2.24) is 5.32 Å². The number of carbonyl (C=O) groups is 1. The Kier molecular flexibility index (Phi) is 24.4. The molecular formula is C18H40NO3+. The first kappa shape index (κ1) is 23.7. The summed E-state index contributed by atoms with van der Waals surface area (Å²) in [6.45, 7) is 1.16. The van der Waals surface area contributed by atoms with Crippen molar-refractivity contribution in [2.24, 2.45) is 0 Å². The summed E-state index contributed by atoms with van der Waals surface area (Å²) in [7, 11) is 3.27. The van der Waals surface area contributed by atoms with E-state index in [1.807, 2.05) is 7.05 Å². The number of carboxylic acid groups (broad SMARTS) is 1. The zero-order valence-corrected chi connectivity index (χ0v) is 15.0. The first-order valence-corrected chi connectivity index (χ1v) is 9.13. The molecule has 4 nitrogen and oxygen atoms in total. The van der Waals surface area contributed by atoms with E-state index < -0.39 is 5.97 Å². The number of carboxylic acids is 1. The smallest absolute Gasteiger partial charge is 0.303 e. The molecule has 4 heteroatoms. The number of rotatable bonds is 16. The largest absolute Gasteiger partial charge is 0.481 e. The van der Waals surface area contributed by atoms with Crippen molar-refractivity contribution in [2.45, 2.75) is 89.9 Å². The lowest BCUT2D eigenvalue weighted by Gasteiger charge is -2.03. The Morgan fingerprint density at radius 1 is 0.727 bits per heavy atom. The predicted molar refractivity (Wildman–Crippen MR) is 95.7 cm³/mol. The van der Waals surface area contributed by atoms with Gasteiger partial charge in [0, 0.05) is 6.42 Å². The first-order valence-electron chi connectivity index (χ1n) is 9.13. The molecule has 0 aliphatic heterocycles. The Labute approximate surface area is 137 Å². The van der Waals surface area contributed by atoms with Crippen LogP contribution in [0.5, 0.6) is 0 Å². The highest BCUT2D eigenvalue weighted by atomic mass is 16.4. The average Bonchev–Trinajstić information content (AvgIpc) is 2.53. The van der Waals surface area contributed by atoms with E-state index in [-0.39, 0.29) is 0 Å². The van der Waals surface area contributed by atoms with Crippen molar-refractivity contribution in [1.29, 1.82) is 0 Å². The SMILES string of the molecule is CNCCCCCCCCCCCCCCCC(=O)O.C[OH2+]. The molecule has 0 aliphatic carbocycles. The van der Waals surface area contributed by atoms with Gasteiger partial charge in [0.2, 0.25) is 0 Å². The van der Waals surface area contributed by atoms with Gasteiger partial charge in [0.1, 0.15) is 7.11 Å². The maximum absolute atomic E-state index is 10.3. The lowest BCUT2D eigenvalue weighted by molar-refractivity contribution is -0.137. The highest BCUT2D eigenvalue weighted by Gasteiger charge is 1.97. The van der Waals surface area contributed by atoms with Gasteiger partial charge in [0.05, 0.1) is 0 Å². The zero-order chi connectivity index (χ0) is 16.9. The highest BCUT2D eigenvalue weighted by molar-refractivity contribution is 5.66. The van der Waals surface area contributed by atoms with Crippen LogP contribution in [0.15, 0.2) is 0 Å². The van der Waals surface area contributed by atoms with Crippen LogP contribution in [0, 0.1) is 0 Å². The molecule has 0 unspecified atom stereocenters. The van der Waals surface area contributed by atoms with Crippen LogP contribution >= 0.6 is 0 Å². The van der Waals surface area contributed by atoms with Crippen molar-refractivity contribution >= 4 is 5.97 Å². The molecule has 0 heterocycles. The van der Waals surface area contributed by atoms with Crippen molar-refractivity contribution in [3.05, 3.63) is 0 Å². The molecule has 0 rings (SSSR count). The standard InChI is InChI=1S/C17H35NO2.CH4O/c1-18-16-14-12-10-8-6-4-2-3-5-7-9-11-13-15-17(19)20;1-2/h18H,2-16H2,1H3,(H,19,20);2H,1H3/p+1. The Balaban J connectivity index is 0. The molecule has 0 saturated heterocycles. The molecule has 0 radical (unpaired) electrons. The normalized spacial score (nSPS) is 10.1. The summed E-state index contributed by atoms with van der Waals surface area (Å²) in [6, 6.07) is 0. The molecule has 134 valence electrons. The van der Waals surface area contributed by atoms with E-state index in [2.05, 4.69) is 5.32 Å². The summed E-state index contributed by atoms with van der Waals surface area (Å²) in [5.41, 5.74) is 0. The summed E-state index contributed by atoms with van der Waals surface area (Å²) in [6.07, 6.45) is 17.1. The monoisotopic (exact) mass is 318 g/mol. The van der Waals surface area contributed by atoms with E-state index in [4.69, 9.17) is 10.2 Å². The fourth-order valence-electron chi connectivity index (χ4n) is 2.52. The van der Waals surface area contributed by atoms with Crippen LogP contribution in [0.1, 0.15) is 89.9 Å². The highest BCUT2D eigenvalue weighted by Crippen LogP contribution is 2.12. The van der Waals surface area contributed by atoms with Gasteiger partial charge in [-0.25, -0.2) is 0 Å². The quantitative estimate of drug-likeness (QED) is 0.332. The van der Waals surface area contributed by atoms with Gasteiger partial charge in [-0.2, -0.15) is 0 Å². The Morgan fingerprint density at radius 3 is 1.36 bits per heavy atom. The molecule has 0 bridgehead atoms. The molecular weight excluding hydrogens is 278 g/mol. The minimum atomic E-state index is -0.657. The molecule has 0 aromatic carbocycles. The van der Waals surface area contributed by atoms with Crippen LogP contribution in [0.25, 0.3) is 0 Å². The van der Waals surface area contributed by atoms with Gasteiger partial charge in [-0.1, -0.05) is 70.6 Å². The molecule has 0 fully saturated rings. The van der Waals surface area contributed by atoms with Gasteiger partial charge >= 0.3 is 5.97 Å². The van der Waals surface area contributed by atoms with Crippen LogP contribution < -0.4 is 5.32 Å². The van der Waals surface area contributed by atoms with Crippen molar-refractivity contribution in [3.8, 4) is 0 Å². The first-order chi connectivity index (χ1) is 10.8. The van der Waals surface area contributed by atoms with Gasteiger partial charge in [0.15, 0.2) is 0 Å². The van der Waals surface area contributed by atoms with Gasteiger partial charge in [0.25, 0.3) is 0 Å². The average molecular weight is 319 g/mol. The predicted octanol–water partition coefficient (Wildman–Crippen LogP) is 4.09. The molecule has 0 aliphatic rings. The second-order valence-electron chi connectivity index (χ2n) is 5.84. The van der Waals surface area contributed by atoms with Crippen LogP contribution in [0.3, 0.4) is 0 Å². The van der Waals surface area contributed by atoms with E-state index in [9.17, 15) is 4.79 Å². The lowest BCUT2D eigenvalue weighted by atomic mass is 10.0. The van der Waals surface area contributed by atoms with Gasteiger partial charge in [-0.05, 0) is 26.4 Å². The number of aliphatic carboxylic acids is 1. The number of nitrogens with one attached hydrogen (secondary N) is 1. The molecule has 0 saturated carbocycles. The van der Waals surface area contributed by atoms with E-state index in [1.165, 1.54) is 77.7 Å². The molecule has 4 N–H and O–H groups in total. The summed E-state index contributed by atoms with van der Waals surface area (Å²) >= 11 is 0. The minimum Gasteiger partial charge on any atom is -0.481 e. The zero-order valence-electron chi connectivity index (χ0n) is 15.0. The Hall–Kier alpha value is -0.610. The second-order valence-corrected chi connectivity index (χ2v) is 5.84. The molecule has 0 aromatic heterocycles. The van der Waals surface area contributed by atoms with Crippen LogP contribution in [-0.4, -0.2) is 36.9 Å². The Bertz CT molecular complexity index is 211. The van der Waals surface area contributed by atoms with Crippen LogP contribution in [0.4, 0.5) is 0 Å². The molecule has 0 atom stereocenters. The molecule has 22 heavy (non-hydrogen) atoms. The molecule has 0 aromatic rings. The second kappa shape index (κ2) is 22.7. The molecule has 0 spiro atoms. The lowest BCUT2D eigenvalue weighted by Crippen LogP contribution is -2.06. The summed E-state index contributed by atoms with van der Waals surface area (Å²) in [5, 5.41) is 17.5. The van der Waals surface area contributed by atoms with Crippen molar-refractivity contribution in [3.63, 3.8) is 0 Å². The van der Waals surface area contributed by atoms with Crippen LogP contribution in [-0.2, 0) is 4.79 Å². The fraction of sp³-hybridized carbons (Fsp3) is 0.944. The number of unbranched alkanes of at least 4 members (excludes halogenated alkanes) is 12. The number of hydrogen-bond acceptors (Lipinski definition) is 2. The fourth-order valence-corrected chi connectivity index (χ4v) is 2.52. The molecule has 0 amide bonds. The van der Waals surface area contributed by atoms with E-state index in [0.29, 0.717) is 6.42 Å². The topological polar surface area (TPSA) is 72.2 Å². The summed E-state index contributed by atoms with van der Waals surface area (Å²) < 4.78 is 0. The van der Waals surface area contributed by atoms with E-state index >= 15 is 0 Å². The van der Waals surface area contributed by atoms with Crippen molar-refractivity contribution in [2.75, 3.05) is 20.7 Å². The van der Waals surface area contributed by atoms with E-state index in [0.717, 1.165) is 19.4 Å². The maximum Gasteiger partial charge on any atom is 0.303 e. The maximum atomic E-state index is 10.3. The minimum absolute atomic E-state index is 0.342. The van der Waals surface area contributed by atoms with Gasteiger partial charge in [-0.15, -0.1) is 0 Å². The van der Waals surface area contributed by atoms with Crippen molar-refractivity contribution < 1.29 is 15.0 Å². The summed E-state index contributed by atoms with van der Waals surface area (Å²) in [4.78, 5) is 10.3. The third kappa shape index (κ3) is 24.4. The summed E-state index contributed by atoms with van der Waals surface area (Å²) in [5.74, 6) is -0.657. The Morgan fingerprint density at radius 2 is 1.05 bits per heavy atom.